The lowest BCUT2D eigenvalue weighted by molar-refractivity contribution is 0.100. The number of amides is 1. The van der Waals surface area contributed by atoms with Crippen LogP contribution in [0.1, 0.15) is 10.4 Å². The maximum absolute atomic E-state index is 10.9. The van der Waals surface area contributed by atoms with Crippen LogP contribution in [0.15, 0.2) is 42.6 Å². The number of carbonyl (C=O) groups excluding carboxylic acids is 1. The standard InChI is InChI=1S/C12H12N2O/c1-14-8-2-3-11(14)9-4-6-10(7-5-9)12(13)15/h2-8H,1H3,(H2,13,15). The molecular weight excluding hydrogens is 188 g/mol. The highest BCUT2D eigenvalue weighted by molar-refractivity contribution is 5.93. The number of hydrogen-bond donors (Lipinski definition) is 1. The highest BCUT2D eigenvalue weighted by Crippen LogP contribution is 2.19. The Kier molecular flexibility index (Phi) is 2.29. The van der Waals surface area contributed by atoms with E-state index in [1.54, 1.807) is 12.1 Å². The van der Waals surface area contributed by atoms with Gasteiger partial charge in [0.25, 0.3) is 0 Å². The summed E-state index contributed by atoms with van der Waals surface area (Å²) in [5.41, 5.74) is 7.90. The molecule has 0 atom stereocenters. The Hall–Kier alpha value is -2.03. The Morgan fingerprint density at radius 2 is 1.87 bits per heavy atom. The van der Waals surface area contributed by atoms with Crippen molar-refractivity contribution in [2.75, 3.05) is 0 Å². The van der Waals surface area contributed by atoms with Crippen LogP contribution in [-0.2, 0) is 7.05 Å². The average molecular weight is 200 g/mol. The molecule has 1 amide bonds. The van der Waals surface area contributed by atoms with Crippen LogP contribution in [0.5, 0.6) is 0 Å². The van der Waals surface area contributed by atoms with Crippen LogP contribution in [0.25, 0.3) is 11.3 Å². The van der Waals surface area contributed by atoms with Gasteiger partial charge in [-0.3, -0.25) is 4.79 Å². The predicted molar refractivity (Wildman–Crippen MR) is 59.4 cm³/mol. The monoisotopic (exact) mass is 200 g/mol. The lowest BCUT2D eigenvalue weighted by Crippen LogP contribution is -2.10. The smallest absolute Gasteiger partial charge is 0.248 e. The first-order valence-electron chi connectivity index (χ1n) is 4.70. The molecule has 3 heteroatoms. The molecule has 0 bridgehead atoms. The molecule has 0 fully saturated rings. The van der Waals surface area contributed by atoms with E-state index >= 15 is 0 Å². The Balaban J connectivity index is 2.40. The molecule has 2 aromatic rings. The number of carbonyl (C=O) groups is 1. The molecule has 0 spiro atoms. The summed E-state index contributed by atoms with van der Waals surface area (Å²) >= 11 is 0. The van der Waals surface area contributed by atoms with Gasteiger partial charge in [0.2, 0.25) is 5.91 Å². The number of primary amides is 1. The van der Waals surface area contributed by atoms with Crippen molar-refractivity contribution in [3.63, 3.8) is 0 Å². The quantitative estimate of drug-likeness (QED) is 0.789. The van der Waals surface area contributed by atoms with Gasteiger partial charge in [-0.05, 0) is 29.8 Å². The molecule has 0 radical (unpaired) electrons. The van der Waals surface area contributed by atoms with Gasteiger partial charge in [0, 0.05) is 24.5 Å². The zero-order valence-electron chi connectivity index (χ0n) is 8.47. The fourth-order valence-electron chi connectivity index (χ4n) is 1.57. The first-order valence-corrected chi connectivity index (χ1v) is 4.70. The molecule has 0 aliphatic rings. The van der Waals surface area contributed by atoms with E-state index in [2.05, 4.69) is 0 Å². The van der Waals surface area contributed by atoms with E-state index in [-0.39, 0.29) is 0 Å². The summed E-state index contributed by atoms with van der Waals surface area (Å²) in [7, 11) is 1.98. The lowest BCUT2D eigenvalue weighted by Gasteiger charge is -2.03. The van der Waals surface area contributed by atoms with Crippen LogP contribution < -0.4 is 5.73 Å². The third kappa shape index (κ3) is 1.76. The number of benzene rings is 1. The van der Waals surface area contributed by atoms with Crippen molar-refractivity contribution in [3.8, 4) is 11.3 Å². The molecule has 1 heterocycles. The normalized spacial score (nSPS) is 10.2. The molecule has 1 aromatic carbocycles. The Labute approximate surface area is 88.1 Å². The van der Waals surface area contributed by atoms with Crippen LogP contribution in [0.4, 0.5) is 0 Å². The number of hydrogen-bond acceptors (Lipinski definition) is 1. The minimum Gasteiger partial charge on any atom is -0.366 e. The van der Waals surface area contributed by atoms with E-state index in [9.17, 15) is 4.79 Å². The Morgan fingerprint density at radius 3 is 2.33 bits per heavy atom. The highest BCUT2D eigenvalue weighted by atomic mass is 16.1. The van der Waals surface area contributed by atoms with E-state index < -0.39 is 5.91 Å². The van der Waals surface area contributed by atoms with Gasteiger partial charge < -0.3 is 10.3 Å². The van der Waals surface area contributed by atoms with Gasteiger partial charge in [-0.2, -0.15) is 0 Å². The van der Waals surface area contributed by atoms with Crippen LogP contribution >= 0.6 is 0 Å². The Bertz CT molecular complexity index is 483. The van der Waals surface area contributed by atoms with Gasteiger partial charge in [0.15, 0.2) is 0 Å². The van der Waals surface area contributed by atoms with Crippen molar-refractivity contribution in [2.24, 2.45) is 12.8 Å². The summed E-state index contributed by atoms with van der Waals surface area (Å²) in [5.74, 6) is -0.395. The number of nitrogens with zero attached hydrogens (tertiary/aromatic N) is 1. The molecular formula is C12H12N2O. The number of aromatic nitrogens is 1. The molecule has 0 saturated carbocycles. The van der Waals surface area contributed by atoms with Crippen molar-refractivity contribution < 1.29 is 4.79 Å². The van der Waals surface area contributed by atoms with Crippen molar-refractivity contribution in [2.45, 2.75) is 0 Å². The van der Waals surface area contributed by atoms with Gasteiger partial charge in [-0.25, -0.2) is 0 Å². The molecule has 0 saturated heterocycles. The van der Waals surface area contributed by atoms with Crippen molar-refractivity contribution in [1.29, 1.82) is 0 Å². The third-order valence-corrected chi connectivity index (χ3v) is 2.41. The van der Waals surface area contributed by atoms with E-state index in [1.165, 1.54) is 0 Å². The second-order valence-electron chi connectivity index (χ2n) is 3.45. The van der Waals surface area contributed by atoms with Gasteiger partial charge >= 0.3 is 0 Å². The molecule has 2 N–H and O–H groups in total. The first-order chi connectivity index (χ1) is 7.18. The predicted octanol–water partition coefficient (Wildman–Crippen LogP) is 1.79. The van der Waals surface area contributed by atoms with Crippen molar-refractivity contribution in [1.82, 2.24) is 4.57 Å². The zero-order chi connectivity index (χ0) is 10.8. The molecule has 3 nitrogen and oxygen atoms in total. The van der Waals surface area contributed by atoms with Gasteiger partial charge in [0.1, 0.15) is 0 Å². The maximum atomic E-state index is 10.9. The van der Waals surface area contributed by atoms with Crippen LogP contribution in [0, 0.1) is 0 Å². The summed E-state index contributed by atoms with van der Waals surface area (Å²) in [6.45, 7) is 0. The minimum atomic E-state index is -0.395. The number of aryl methyl sites for hydroxylation is 1. The summed E-state index contributed by atoms with van der Waals surface area (Å²) < 4.78 is 2.03. The minimum absolute atomic E-state index is 0.395. The molecule has 0 unspecified atom stereocenters. The van der Waals surface area contributed by atoms with Crippen molar-refractivity contribution in [3.05, 3.63) is 48.2 Å². The van der Waals surface area contributed by atoms with E-state index in [4.69, 9.17) is 5.73 Å². The number of rotatable bonds is 2. The van der Waals surface area contributed by atoms with Crippen LogP contribution in [-0.4, -0.2) is 10.5 Å². The largest absolute Gasteiger partial charge is 0.366 e. The molecule has 76 valence electrons. The topological polar surface area (TPSA) is 48.0 Å². The highest BCUT2D eigenvalue weighted by Gasteiger charge is 2.03. The third-order valence-electron chi connectivity index (χ3n) is 2.41. The molecule has 0 aliphatic carbocycles. The molecule has 0 aliphatic heterocycles. The summed E-state index contributed by atoms with van der Waals surface area (Å²) in [6.07, 6.45) is 1.98. The fourth-order valence-corrected chi connectivity index (χ4v) is 1.57. The van der Waals surface area contributed by atoms with E-state index in [0.717, 1.165) is 11.3 Å². The SMILES string of the molecule is Cn1cccc1-c1ccc(C(N)=O)cc1. The van der Waals surface area contributed by atoms with E-state index in [0.29, 0.717) is 5.56 Å². The van der Waals surface area contributed by atoms with Crippen LogP contribution in [0.2, 0.25) is 0 Å². The number of nitrogens with two attached hydrogens (primary N) is 1. The molecule has 1 aromatic heterocycles. The fraction of sp³-hybridized carbons (Fsp3) is 0.0833. The molecule has 2 rings (SSSR count). The zero-order valence-corrected chi connectivity index (χ0v) is 8.47. The average Bonchev–Trinajstić information content (AvgIpc) is 2.65. The summed E-state index contributed by atoms with van der Waals surface area (Å²) in [5, 5.41) is 0. The molecule has 15 heavy (non-hydrogen) atoms. The maximum Gasteiger partial charge on any atom is 0.248 e. The van der Waals surface area contributed by atoms with Gasteiger partial charge in [0.05, 0.1) is 0 Å². The van der Waals surface area contributed by atoms with E-state index in [1.807, 2.05) is 42.1 Å². The lowest BCUT2D eigenvalue weighted by atomic mass is 10.1. The van der Waals surface area contributed by atoms with Gasteiger partial charge in [-0.1, -0.05) is 12.1 Å². The summed E-state index contributed by atoms with van der Waals surface area (Å²) in [4.78, 5) is 10.9. The summed E-state index contributed by atoms with van der Waals surface area (Å²) in [6, 6.07) is 11.3. The van der Waals surface area contributed by atoms with Crippen molar-refractivity contribution >= 4 is 5.91 Å². The second-order valence-corrected chi connectivity index (χ2v) is 3.45. The Morgan fingerprint density at radius 1 is 1.20 bits per heavy atom. The van der Waals surface area contributed by atoms with Crippen LogP contribution in [0.3, 0.4) is 0 Å². The second kappa shape index (κ2) is 3.61. The first kappa shape index (κ1) is 9.52. The van der Waals surface area contributed by atoms with Gasteiger partial charge in [-0.15, -0.1) is 0 Å².